The van der Waals surface area contributed by atoms with Crippen molar-refractivity contribution >= 4 is 33.3 Å². The summed E-state index contributed by atoms with van der Waals surface area (Å²) in [5, 5.41) is 14.8. The number of carbonyl (C=O) groups is 1. The number of thiazole rings is 1. The number of nitrogens with two attached hydrogens (primary N) is 1. The molecule has 0 spiro atoms. The standard InChI is InChI=1S/C22H22N6O2S/c23-21-17(22-26-18-3-1-2-4-19(18)31-22)9-14(10-24-21)15-11-25-28(12-15)8-6-20(30)27-7-5-16(29)13-27/h1-4,9-12,16,29H,5-8,13H2,(H2,23,24). The molecule has 1 amide bonds. The summed E-state index contributed by atoms with van der Waals surface area (Å²) < 4.78 is 2.86. The van der Waals surface area contributed by atoms with Gasteiger partial charge in [0.2, 0.25) is 5.91 Å². The van der Waals surface area contributed by atoms with Crippen LogP contribution in [-0.4, -0.2) is 54.9 Å². The number of aryl methyl sites for hydroxylation is 1. The van der Waals surface area contributed by atoms with Gasteiger partial charge in [-0.1, -0.05) is 12.1 Å². The number of amides is 1. The van der Waals surface area contributed by atoms with E-state index in [1.807, 2.05) is 36.5 Å². The number of pyridine rings is 1. The quantitative estimate of drug-likeness (QED) is 0.500. The summed E-state index contributed by atoms with van der Waals surface area (Å²) in [6, 6.07) is 9.97. The first-order valence-corrected chi connectivity index (χ1v) is 11.0. The number of rotatable bonds is 5. The number of anilines is 1. The van der Waals surface area contributed by atoms with Crippen molar-refractivity contribution in [3.8, 4) is 21.7 Å². The van der Waals surface area contributed by atoms with E-state index in [0.717, 1.165) is 31.9 Å². The van der Waals surface area contributed by atoms with Gasteiger partial charge in [-0.25, -0.2) is 9.97 Å². The van der Waals surface area contributed by atoms with Crippen molar-refractivity contribution in [3.63, 3.8) is 0 Å². The average molecular weight is 435 g/mol. The van der Waals surface area contributed by atoms with Crippen molar-refractivity contribution < 1.29 is 9.90 Å². The smallest absolute Gasteiger partial charge is 0.224 e. The van der Waals surface area contributed by atoms with Gasteiger partial charge >= 0.3 is 0 Å². The van der Waals surface area contributed by atoms with Crippen LogP contribution in [0.4, 0.5) is 5.82 Å². The number of aromatic nitrogens is 4. The summed E-state index contributed by atoms with van der Waals surface area (Å²) in [4.78, 5) is 23.1. The highest BCUT2D eigenvalue weighted by Gasteiger charge is 2.24. The van der Waals surface area contributed by atoms with Gasteiger partial charge in [-0.15, -0.1) is 11.3 Å². The first-order chi connectivity index (χ1) is 15.1. The third-order valence-electron chi connectivity index (χ3n) is 5.48. The van der Waals surface area contributed by atoms with Crippen molar-refractivity contribution in [3.05, 3.63) is 48.9 Å². The molecular weight excluding hydrogens is 412 g/mol. The second-order valence-corrected chi connectivity index (χ2v) is 8.70. The maximum Gasteiger partial charge on any atom is 0.224 e. The Balaban J connectivity index is 1.33. The van der Waals surface area contributed by atoms with E-state index < -0.39 is 6.10 Å². The van der Waals surface area contributed by atoms with E-state index in [1.165, 1.54) is 0 Å². The number of nitrogens with zero attached hydrogens (tertiary/aromatic N) is 5. The van der Waals surface area contributed by atoms with Crippen LogP contribution in [0.2, 0.25) is 0 Å². The molecule has 5 rings (SSSR count). The van der Waals surface area contributed by atoms with Gasteiger partial charge in [0.1, 0.15) is 10.8 Å². The van der Waals surface area contributed by atoms with Crippen LogP contribution in [0.25, 0.3) is 31.9 Å². The van der Waals surface area contributed by atoms with Gasteiger partial charge in [-0.2, -0.15) is 5.10 Å². The molecule has 0 saturated carbocycles. The van der Waals surface area contributed by atoms with Gasteiger partial charge in [0.15, 0.2) is 0 Å². The molecular formula is C22H22N6O2S. The molecule has 8 nitrogen and oxygen atoms in total. The minimum atomic E-state index is -0.400. The fourth-order valence-electron chi connectivity index (χ4n) is 3.76. The molecule has 1 saturated heterocycles. The number of aliphatic hydroxyl groups excluding tert-OH is 1. The minimum absolute atomic E-state index is 0.0425. The number of nitrogen functional groups attached to an aromatic ring is 1. The maximum atomic E-state index is 12.3. The molecule has 3 N–H and O–H groups in total. The highest BCUT2D eigenvalue weighted by Crippen LogP contribution is 2.34. The Morgan fingerprint density at radius 3 is 2.94 bits per heavy atom. The van der Waals surface area contributed by atoms with E-state index in [9.17, 15) is 9.90 Å². The van der Waals surface area contributed by atoms with E-state index in [-0.39, 0.29) is 5.91 Å². The molecule has 0 aliphatic carbocycles. The van der Waals surface area contributed by atoms with E-state index in [4.69, 9.17) is 10.7 Å². The van der Waals surface area contributed by atoms with E-state index >= 15 is 0 Å². The minimum Gasteiger partial charge on any atom is -0.391 e. The normalized spacial score (nSPS) is 16.3. The molecule has 1 atom stereocenters. The topological polar surface area (TPSA) is 110 Å². The Morgan fingerprint density at radius 2 is 2.13 bits per heavy atom. The molecule has 0 radical (unpaired) electrons. The number of aliphatic hydroxyl groups is 1. The second-order valence-electron chi connectivity index (χ2n) is 7.67. The van der Waals surface area contributed by atoms with E-state index in [1.54, 1.807) is 33.3 Å². The third-order valence-corrected chi connectivity index (χ3v) is 6.55. The second kappa shape index (κ2) is 8.09. The van der Waals surface area contributed by atoms with Crippen molar-refractivity contribution in [1.29, 1.82) is 0 Å². The predicted molar refractivity (Wildman–Crippen MR) is 120 cm³/mol. The number of para-hydroxylation sites is 1. The predicted octanol–water partition coefficient (Wildman–Crippen LogP) is 2.79. The van der Waals surface area contributed by atoms with Gasteiger partial charge in [-0.05, 0) is 24.6 Å². The number of hydrogen-bond donors (Lipinski definition) is 2. The monoisotopic (exact) mass is 434 g/mol. The fraction of sp³-hybridized carbons (Fsp3) is 0.273. The van der Waals surface area contributed by atoms with Gasteiger partial charge < -0.3 is 15.7 Å². The van der Waals surface area contributed by atoms with Gasteiger partial charge in [-0.3, -0.25) is 9.48 Å². The first kappa shape index (κ1) is 19.7. The van der Waals surface area contributed by atoms with Crippen LogP contribution < -0.4 is 5.73 Å². The lowest BCUT2D eigenvalue weighted by Gasteiger charge is -2.15. The fourth-order valence-corrected chi connectivity index (χ4v) is 4.75. The molecule has 1 unspecified atom stereocenters. The first-order valence-electron chi connectivity index (χ1n) is 10.2. The lowest BCUT2D eigenvalue weighted by Crippen LogP contribution is -2.30. The molecule has 3 aromatic heterocycles. The molecule has 31 heavy (non-hydrogen) atoms. The molecule has 9 heteroatoms. The zero-order chi connectivity index (χ0) is 21.4. The van der Waals surface area contributed by atoms with Crippen LogP contribution in [-0.2, 0) is 11.3 Å². The largest absolute Gasteiger partial charge is 0.391 e. The third kappa shape index (κ3) is 4.01. The molecule has 1 fully saturated rings. The number of fused-ring (bicyclic) bond motifs is 1. The molecule has 158 valence electrons. The highest BCUT2D eigenvalue weighted by molar-refractivity contribution is 7.21. The van der Waals surface area contributed by atoms with Crippen LogP contribution in [0.3, 0.4) is 0 Å². The number of benzene rings is 1. The van der Waals surface area contributed by atoms with Crippen LogP contribution in [0.5, 0.6) is 0 Å². The number of carbonyl (C=O) groups excluding carboxylic acids is 1. The zero-order valence-electron chi connectivity index (χ0n) is 16.8. The summed E-state index contributed by atoms with van der Waals surface area (Å²) in [6.45, 7) is 1.53. The Hall–Kier alpha value is -3.30. The molecule has 4 aromatic rings. The lowest BCUT2D eigenvalue weighted by molar-refractivity contribution is -0.130. The average Bonchev–Trinajstić information content (AvgIpc) is 3.51. The van der Waals surface area contributed by atoms with E-state index in [0.29, 0.717) is 38.3 Å². The molecule has 0 bridgehead atoms. The van der Waals surface area contributed by atoms with Crippen LogP contribution in [0.15, 0.2) is 48.9 Å². The Morgan fingerprint density at radius 1 is 1.26 bits per heavy atom. The summed E-state index contributed by atoms with van der Waals surface area (Å²) in [6.07, 6.45) is 6.00. The number of hydrogen-bond acceptors (Lipinski definition) is 7. The Bertz CT molecular complexity index is 1220. The van der Waals surface area contributed by atoms with Crippen molar-refractivity contribution in [2.24, 2.45) is 0 Å². The SMILES string of the molecule is Nc1ncc(-c2cnn(CCC(=O)N3CCC(O)C3)c2)cc1-c1nc2ccccc2s1. The van der Waals surface area contributed by atoms with Gasteiger partial charge in [0, 0.05) is 49.6 Å². The van der Waals surface area contributed by atoms with Crippen LogP contribution in [0.1, 0.15) is 12.8 Å². The molecule has 1 aliphatic rings. The van der Waals surface area contributed by atoms with Crippen LogP contribution in [0, 0.1) is 0 Å². The highest BCUT2D eigenvalue weighted by atomic mass is 32.1. The summed E-state index contributed by atoms with van der Waals surface area (Å²) in [7, 11) is 0. The summed E-state index contributed by atoms with van der Waals surface area (Å²) in [5.41, 5.74) is 9.69. The summed E-state index contributed by atoms with van der Waals surface area (Å²) in [5.74, 6) is 0.481. The Kier molecular flexibility index (Phi) is 5.13. The van der Waals surface area contributed by atoms with E-state index in [2.05, 4.69) is 10.1 Å². The van der Waals surface area contributed by atoms with Crippen molar-refractivity contribution in [2.45, 2.75) is 25.5 Å². The molecule has 4 heterocycles. The summed E-state index contributed by atoms with van der Waals surface area (Å²) >= 11 is 1.59. The molecule has 1 aliphatic heterocycles. The van der Waals surface area contributed by atoms with Gasteiger partial charge in [0.25, 0.3) is 0 Å². The Labute approximate surface area is 183 Å². The van der Waals surface area contributed by atoms with Crippen molar-refractivity contribution in [2.75, 3.05) is 18.8 Å². The number of β-amino-alcohol motifs (C(OH)–C–C–N with tert-alkyl or cyclic N) is 1. The lowest BCUT2D eigenvalue weighted by atomic mass is 10.1. The van der Waals surface area contributed by atoms with Crippen LogP contribution >= 0.6 is 11.3 Å². The zero-order valence-corrected chi connectivity index (χ0v) is 17.6. The maximum absolute atomic E-state index is 12.3. The van der Waals surface area contributed by atoms with Crippen molar-refractivity contribution in [1.82, 2.24) is 24.6 Å². The van der Waals surface area contributed by atoms with Gasteiger partial charge in [0.05, 0.1) is 28.1 Å². The number of likely N-dealkylation sites (tertiary alicyclic amines) is 1. The molecule has 1 aromatic carbocycles.